The van der Waals surface area contributed by atoms with Gasteiger partial charge in [0.15, 0.2) is 0 Å². The Bertz CT molecular complexity index is 66.1. The predicted octanol–water partition coefficient (Wildman–Crippen LogP) is 4.06. The molecule has 11 heavy (non-hydrogen) atoms. The van der Waals surface area contributed by atoms with E-state index < -0.39 is 0 Å². The van der Waals surface area contributed by atoms with Crippen molar-refractivity contribution in [3.63, 3.8) is 0 Å². The summed E-state index contributed by atoms with van der Waals surface area (Å²) in [7, 11) is 0. The molecule has 0 spiro atoms. The largest absolute Gasteiger partial charge is 0.0654 e. The van der Waals surface area contributed by atoms with Crippen molar-refractivity contribution in [3.05, 3.63) is 6.42 Å². The summed E-state index contributed by atoms with van der Waals surface area (Å²) in [4.78, 5) is 0. The Morgan fingerprint density at radius 2 is 1.27 bits per heavy atom. The summed E-state index contributed by atoms with van der Waals surface area (Å²) in [6.45, 7) is 9.18. The van der Waals surface area contributed by atoms with Gasteiger partial charge in [-0.3, -0.25) is 0 Å². The highest BCUT2D eigenvalue weighted by molar-refractivity contribution is 4.77. The van der Waals surface area contributed by atoms with Gasteiger partial charge < -0.3 is 0 Å². The first-order valence-corrected chi connectivity index (χ1v) is 5.05. The molecule has 0 bridgehead atoms. The Hall–Kier alpha value is 0. The molecule has 0 heterocycles. The molecule has 0 nitrogen and oxygen atoms in total. The predicted molar refractivity (Wildman–Crippen MR) is 52.4 cm³/mol. The Morgan fingerprint density at radius 3 is 1.55 bits per heavy atom. The molecule has 0 heteroatoms. The van der Waals surface area contributed by atoms with Crippen LogP contribution < -0.4 is 0 Å². The van der Waals surface area contributed by atoms with Gasteiger partial charge >= 0.3 is 0 Å². The summed E-state index contributed by atoms with van der Waals surface area (Å²) in [6.07, 6.45) is 7.85. The van der Waals surface area contributed by atoms with E-state index in [0.29, 0.717) is 0 Å². The molecule has 0 rings (SSSR count). The maximum absolute atomic E-state index is 2.51. The maximum atomic E-state index is 2.51. The zero-order valence-electron chi connectivity index (χ0n) is 8.56. The van der Waals surface area contributed by atoms with Crippen LogP contribution in [0.2, 0.25) is 0 Å². The molecular formula is C11H23. The highest BCUT2D eigenvalue weighted by Gasteiger charge is 2.06. The van der Waals surface area contributed by atoms with Gasteiger partial charge in [0.05, 0.1) is 0 Å². The minimum Gasteiger partial charge on any atom is -0.0654 e. The van der Waals surface area contributed by atoms with E-state index in [2.05, 4.69) is 34.1 Å². The van der Waals surface area contributed by atoms with Gasteiger partial charge in [0.1, 0.15) is 0 Å². The lowest BCUT2D eigenvalue weighted by atomic mass is 9.91. The zero-order chi connectivity index (χ0) is 8.69. The van der Waals surface area contributed by atoms with Crippen LogP contribution in [-0.4, -0.2) is 0 Å². The second kappa shape index (κ2) is 6.69. The Labute approximate surface area is 72.4 Å². The van der Waals surface area contributed by atoms with E-state index in [1.54, 1.807) is 0 Å². The molecule has 2 atom stereocenters. The molecule has 0 aromatic rings. The summed E-state index contributed by atoms with van der Waals surface area (Å²) >= 11 is 0. The molecule has 0 aliphatic rings. The van der Waals surface area contributed by atoms with Crippen molar-refractivity contribution in [2.75, 3.05) is 0 Å². The van der Waals surface area contributed by atoms with Gasteiger partial charge in [0.2, 0.25) is 0 Å². The minimum atomic E-state index is 0.821. The second-order valence-electron chi connectivity index (χ2n) is 3.72. The van der Waals surface area contributed by atoms with Crippen molar-refractivity contribution in [1.82, 2.24) is 0 Å². The van der Waals surface area contributed by atoms with Crippen LogP contribution in [0.5, 0.6) is 0 Å². The van der Waals surface area contributed by atoms with Crippen LogP contribution in [0.1, 0.15) is 53.4 Å². The third kappa shape index (κ3) is 6.40. The van der Waals surface area contributed by atoms with Gasteiger partial charge in [-0.05, 0) is 18.3 Å². The topological polar surface area (TPSA) is 0 Å². The molecule has 0 aliphatic carbocycles. The molecule has 0 aromatic carbocycles. The first-order chi connectivity index (χ1) is 5.20. The summed E-state index contributed by atoms with van der Waals surface area (Å²) in [5, 5.41) is 0. The Balaban J connectivity index is 3.32. The fourth-order valence-electron chi connectivity index (χ4n) is 1.66. The number of hydrogen-bond donors (Lipinski definition) is 0. The monoisotopic (exact) mass is 155 g/mol. The molecule has 0 saturated heterocycles. The van der Waals surface area contributed by atoms with Crippen LogP contribution in [0.25, 0.3) is 0 Å². The first kappa shape index (κ1) is 11.0. The maximum Gasteiger partial charge on any atom is -0.0329 e. The standard InChI is InChI=1S/C11H23/c1-5-7-10(3)9-11(4)8-6-2/h9-11H,5-8H2,1-4H3. The third-order valence-electron chi connectivity index (χ3n) is 2.15. The van der Waals surface area contributed by atoms with Crippen LogP contribution in [-0.2, 0) is 0 Å². The van der Waals surface area contributed by atoms with Crippen molar-refractivity contribution in [2.24, 2.45) is 11.8 Å². The van der Waals surface area contributed by atoms with Gasteiger partial charge in [-0.1, -0.05) is 53.4 Å². The summed E-state index contributed by atoms with van der Waals surface area (Å²) in [5.74, 6) is 1.64. The highest BCUT2D eigenvalue weighted by atomic mass is 14.1. The van der Waals surface area contributed by atoms with Crippen LogP contribution in [0, 0.1) is 18.3 Å². The van der Waals surface area contributed by atoms with Crippen molar-refractivity contribution in [2.45, 2.75) is 53.4 Å². The van der Waals surface area contributed by atoms with E-state index in [9.17, 15) is 0 Å². The molecule has 0 amide bonds. The average Bonchev–Trinajstić information content (AvgIpc) is 1.87. The normalized spacial score (nSPS) is 16.4. The van der Waals surface area contributed by atoms with Gasteiger partial charge in [0, 0.05) is 0 Å². The van der Waals surface area contributed by atoms with Crippen LogP contribution >= 0.6 is 0 Å². The zero-order valence-corrected chi connectivity index (χ0v) is 8.56. The van der Waals surface area contributed by atoms with Gasteiger partial charge in [-0.2, -0.15) is 0 Å². The summed E-state index contributed by atoms with van der Waals surface area (Å²) in [5.41, 5.74) is 0. The lowest BCUT2D eigenvalue weighted by molar-refractivity contribution is 0.483. The van der Waals surface area contributed by atoms with E-state index in [-0.39, 0.29) is 0 Å². The highest BCUT2D eigenvalue weighted by Crippen LogP contribution is 2.18. The molecule has 0 N–H and O–H groups in total. The fraction of sp³-hybridized carbons (Fsp3) is 0.909. The average molecular weight is 155 g/mol. The summed E-state index contributed by atoms with van der Waals surface area (Å²) < 4.78 is 0. The SMILES string of the molecule is CCCC(C)[CH]C(C)CCC. The third-order valence-corrected chi connectivity index (χ3v) is 2.15. The number of rotatable bonds is 6. The molecule has 67 valence electrons. The van der Waals surface area contributed by atoms with E-state index in [4.69, 9.17) is 0 Å². The lowest BCUT2D eigenvalue weighted by Gasteiger charge is -2.14. The van der Waals surface area contributed by atoms with Gasteiger partial charge in [-0.25, -0.2) is 0 Å². The smallest absolute Gasteiger partial charge is 0.0329 e. The van der Waals surface area contributed by atoms with Crippen molar-refractivity contribution in [3.8, 4) is 0 Å². The summed E-state index contributed by atoms with van der Waals surface area (Å²) in [6, 6.07) is 0. The minimum absolute atomic E-state index is 0.821. The van der Waals surface area contributed by atoms with Crippen molar-refractivity contribution < 1.29 is 0 Å². The van der Waals surface area contributed by atoms with E-state index in [1.165, 1.54) is 25.7 Å². The fourth-order valence-corrected chi connectivity index (χ4v) is 1.66. The van der Waals surface area contributed by atoms with Crippen LogP contribution in [0.4, 0.5) is 0 Å². The molecule has 0 aliphatic heterocycles. The Morgan fingerprint density at radius 1 is 0.909 bits per heavy atom. The van der Waals surface area contributed by atoms with Crippen molar-refractivity contribution >= 4 is 0 Å². The lowest BCUT2D eigenvalue weighted by Crippen LogP contribution is -2.03. The van der Waals surface area contributed by atoms with E-state index in [1.807, 2.05) is 0 Å². The van der Waals surface area contributed by atoms with E-state index in [0.717, 1.165) is 11.8 Å². The van der Waals surface area contributed by atoms with Crippen LogP contribution in [0.15, 0.2) is 0 Å². The molecule has 1 radical (unpaired) electrons. The molecule has 0 fully saturated rings. The van der Waals surface area contributed by atoms with E-state index >= 15 is 0 Å². The molecular weight excluding hydrogens is 132 g/mol. The van der Waals surface area contributed by atoms with Crippen molar-refractivity contribution in [1.29, 1.82) is 0 Å². The molecule has 2 unspecified atom stereocenters. The number of hydrogen-bond acceptors (Lipinski definition) is 0. The second-order valence-corrected chi connectivity index (χ2v) is 3.72. The first-order valence-electron chi connectivity index (χ1n) is 5.05. The molecule has 0 saturated carbocycles. The molecule has 0 aromatic heterocycles. The van der Waals surface area contributed by atoms with Gasteiger partial charge in [0.25, 0.3) is 0 Å². The van der Waals surface area contributed by atoms with Gasteiger partial charge in [-0.15, -0.1) is 0 Å². The van der Waals surface area contributed by atoms with Crippen LogP contribution in [0.3, 0.4) is 0 Å². The Kier molecular flexibility index (Phi) is 6.69. The quantitative estimate of drug-likeness (QED) is 0.542.